The van der Waals surface area contributed by atoms with E-state index in [1.807, 2.05) is 30.5 Å². The molecule has 2 N–H and O–H groups in total. The fourth-order valence-corrected chi connectivity index (χ4v) is 2.46. The third-order valence-electron chi connectivity index (χ3n) is 3.14. The van der Waals surface area contributed by atoms with E-state index in [0.29, 0.717) is 22.5 Å². The number of pyridine rings is 1. The third kappa shape index (κ3) is 3.93. The van der Waals surface area contributed by atoms with E-state index in [-0.39, 0.29) is 0 Å². The van der Waals surface area contributed by atoms with E-state index in [0.717, 1.165) is 12.8 Å². The van der Waals surface area contributed by atoms with Gasteiger partial charge in [0.25, 0.3) is 0 Å². The van der Waals surface area contributed by atoms with Gasteiger partial charge in [-0.15, -0.1) is 0 Å². The van der Waals surface area contributed by atoms with Crippen molar-refractivity contribution in [1.82, 2.24) is 4.98 Å². The first-order valence-corrected chi connectivity index (χ1v) is 7.00. The first-order valence-electron chi connectivity index (χ1n) is 6.24. The van der Waals surface area contributed by atoms with Crippen LogP contribution in [-0.4, -0.2) is 11.5 Å². The standard InChI is InChI=1S/C15H16Cl2N2/c16-14-4-3-12(9-15(14)17)13(5-6-18)8-11-2-1-7-19-10-11/h1-4,7,9-10,13H,5-6,8,18H2/t13-/m0/s1. The number of nitrogens with two attached hydrogens (primary N) is 1. The second kappa shape index (κ2) is 6.90. The van der Waals surface area contributed by atoms with Gasteiger partial charge < -0.3 is 5.73 Å². The Morgan fingerprint density at radius 2 is 2.00 bits per heavy atom. The second-order valence-electron chi connectivity index (χ2n) is 4.51. The van der Waals surface area contributed by atoms with Gasteiger partial charge in [-0.05, 0) is 54.6 Å². The molecule has 2 nitrogen and oxygen atoms in total. The van der Waals surface area contributed by atoms with Crippen LogP contribution in [0.4, 0.5) is 0 Å². The number of aromatic nitrogens is 1. The predicted molar refractivity (Wildman–Crippen MR) is 80.8 cm³/mol. The molecule has 0 radical (unpaired) electrons. The van der Waals surface area contributed by atoms with Gasteiger partial charge in [0.1, 0.15) is 0 Å². The highest BCUT2D eigenvalue weighted by Gasteiger charge is 2.13. The summed E-state index contributed by atoms with van der Waals surface area (Å²) in [7, 11) is 0. The number of nitrogens with zero attached hydrogens (tertiary/aromatic N) is 1. The lowest BCUT2D eigenvalue weighted by molar-refractivity contribution is 0.629. The predicted octanol–water partition coefficient (Wildman–Crippen LogP) is 4.06. The molecular weight excluding hydrogens is 279 g/mol. The van der Waals surface area contributed by atoms with E-state index in [1.165, 1.54) is 11.1 Å². The highest BCUT2D eigenvalue weighted by atomic mass is 35.5. The van der Waals surface area contributed by atoms with Gasteiger partial charge in [0.15, 0.2) is 0 Å². The molecule has 1 heterocycles. The number of rotatable bonds is 5. The molecule has 0 unspecified atom stereocenters. The minimum Gasteiger partial charge on any atom is -0.330 e. The van der Waals surface area contributed by atoms with Crippen molar-refractivity contribution in [3.05, 3.63) is 63.9 Å². The normalized spacial score (nSPS) is 12.4. The summed E-state index contributed by atoms with van der Waals surface area (Å²) in [5.41, 5.74) is 8.08. The van der Waals surface area contributed by atoms with Crippen molar-refractivity contribution in [2.75, 3.05) is 6.54 Å². The van der Waals surface area contributed by atoms with Crippen LogP contribution in [0.25, 0.3) is 0 Å². The molecule has 0 amide bonds. The van der Waals surface area contributed by atoms with Gasteiger partial charge in [0.2, 0.25) is 0 Å². The molecule has 0 saturated carbocycles. The minimum absolute atomic E-state index is 0.337. The molecule has 0 spiro atoms. The van der Waals surface area contributed by atoms with Crippen molar-refractivity contribution >= 4 is 23.2 Å². The van der Waals surface area contributed by atoms with E-state index in [1.54, 1.807) is 6.20 Å². The number of halogens is 2. The van der Waals surface area contributed by atoms with Crippen LogP contribution < -0.4 is 5.73 Å². The van der Waals surface area contributed by atoms with Crippen molar-refractivity contribution in [2.45, 2.75) is 18.8 Å². The van der Waals surface area contributed by atoms with Gasteiger partial charge >= 0.3 is 0 Å². The van der Waals surface area contributed by atoms with E-state index in [9.17, 15) is 0 Å². The molecule has 0 saturated heterocycles. The Balaban J connectivity index is 2.21. The first-order chi connectivity index (χ1) is 9.20. The zero-order chi connectivity index (χ0) is 13.7. The van der Waals surface area contributed by atoms with Gasteiger partial charge in [-0.25, -0.2) is 0 Å². The largest absolute Gasteiger partial charge is 0.330 e. The molecule has 0 fully saturated rings. The summed E-state index contributed by atoms with van der Waals surface area (Å²) in [6.45, 7) is 0.644. The van der Waals surface area contributed by atoms with Gasteiger partial charge in [-0.3, -0.25) is 4.98 Å². The maximum Gasteiger partial charge on any atom is 0.0595 e. The van der Waals surface area contributed by atoms with Crippen molar-refractivity contribution in [1.29, 1.82) is 0 Å². The van der Waals surface area contributed by atoms with Gasteiger partial charge in [-0.2, -0.15) is 0 Å². The Bertz CT molecular complexity index is 529. The lowest BCUT2D eigenvalue weighted by atomic mass is 9.90. The first kappa shape index (κ1) is 14.3. The maximum atomic E-state index is 6.09. The molecule has 0 aliphatic carbocycles. The zero-order valence-corrected chi connectivity index (χ0v) is 12.0. The summed E-state index contributed by atoms with van der Waals surface area (Å²) in [6, 6.07) is 9.81. The van der Waals surface area contributed by atoms with E-state index in [4.69, 9.17) is 28.9 Å². The van der Waals surface area contributed by atoms with Crippen molar-refractivity contribution in [3.63, 3.8) is 0 Å². The highest BCUT2D eigenvalue weighted by Crippen LogP contribution is 2.29. The highest BCUT2D eigenvalue weighted by molar-refractivity contribution is 6.42. The zero-order valence-electron chi connectivity index (χ0n) is 10.5. The Kier molecular flexibility index (Phi) is 5.20. The molecule has 2 aromatic rings. The summed E-state index contributed by atoms with van der Waals surface area (Å²) >= 11 is 12.0. The molecule has 0 bridgehead atoms. The molecular formula is C15H16Cl2N2. The van der Waals surface area contributed by atoms with Gasteiger partial charge in [0.05, 0.1) is 10.0 Å². The van der Waals surface area contributed by atoms with Gasteiger partial charge in [-0.1, -0.05) is 35.3 Å². The average Bonchev–Trinajstić information content (AvgIpc) is 2.43. The minimum atomic E-state index is 0.337. The van der Waals surface area contributed by atoms with Crippen LogP contribution in [0.1, 0.15) is 23.5 Å². The Morgan fingerprint density at radius 3 is 2.63 bits per heavy atom. The molecule has 0 aliphatic rings. The molecule has 100 valence electrons. The molecule has 1 aromatic carbocycles. The van der Waals surface area contributed by atoms with Crippen molar-refractivity contribution in [2.24, 2.45) is 5.73 Å². The molecule has 0 aliphatic heterocycles. The number of hydrogen-bond donors (Lipinski definition) is 1. The fraction of sp³-hybridized carbons (Fsp3) is 0.267. The molecule has 4 heteroatoms. The summed E-state index contributed by atoms with van der Waals surface area (Å²) < 4.78 is 0. The SMILES string of the molecule is NCC[C@@H](Cc1cccnc1)c1ccc(Cl)c(Cl)c1. The Labute approximate surface area is 123 Å². The van der Waals surface area contributed by atoms with Crippen LogP contribution in [0.3, 0.4) is 0 Å². The Morgan fingerprint density at radius 1 is 1.16 bits per heavy atom. The summed E-state index contributed by atoms with van der Waals surface area (Å²) in [5, 5.41) is 1.17. The van der Waals surface area contributed by atoms with Crippen LogP contribution in [-0.2, 0) is 6.42 Å². The quantitative estimate of drug-likeness (QED) is 0.903. The number of benzene rings is 1. The lowest BCUT2D eigenvalue weighted by Gasteiger charge is -2.17. The summed E-state index contributed by atoms with van der Waals surface area (Å²) in [6.07, 6.45) is 5.48. The van der Waals surface area contributed by atoms with Crippen molar-refractivity contribution < 1.29 is 0 Å². The van der Waals surface area contributed by atoms with Crippen LogP contribution in [0.15, 0.2) is 42.7 Å². The second-order valence-corrected chi connectivity index (χ2v) is 5.33. The molecule has 1 atom stereocenters. The number of hydrogen-bond acceptors (Lipinski definition) is 2. The van der Waals surface area contributed by atoms with E-state index in [2.05, 4.69) is 11.1 Å². The maximum absolute atomic E-state index is 6.09. The fourth-order valence-electron chi connectivity index (χ4n) is 2.16. The topological polar surface area (TPSA) is 38.9 Å². The van der Waals surface area contributed by atoms with Crippen LogP contribution in [0.5, 0.6) is 0 Å². The third-order valence-corrected chi connectivity index (χ3v) is 3.87. The van der Waals surface area contributed by atoms with E-state index >= 15 is 0 Å². The van der Waals surface area contributed by atoms with Crippen LogP contribution in [0, 0.1) is 0 Å². The molecule has 1 aromatic heterocycles. The Hall–Kier alpha value is -1.09. The van der Waals surface area contributed by atoms with Crippen LogP contribution in [0.2, 0.25) is 10.0 Å². The van der Waals surface area contributed by atoms with Gasteiger partial charge in [0, 0.05) is 12.4 Å². The van der Waals surface area contributed by atoms with Crippen molar-refractivity contribution in [3.8, 4) is 0 Å². The monoisotopic (exact) mass is 294 g/mol. The average molecular weight is 295 g/mol. The molecule has 19 heavy (non-hydrogen) atoms. The molecule has 2 rings (SSSR count). The summed E-state index contributed by atoms with van der Waals surface area (Å²) in [4.78, 5) is 4.14. The van der Waals surface area contributed by atoms with E-state index < -0.39 is 0 Å². The summed E-state index contributed by atoms with van der Waals surface area (Å²) in [5.74, 6) is 0.337. The lowest BCUT2D eigenvalue weighted by Crippen LogP contribution is -2.10. The smallest absolute Gasteiger partial charge is 0.0595 e. The van der Waals surface area contributed by atoms with Crippen LogP contribution >= 0.6 is 23.2 Å².